The first-order valence-corrected chi connectivity index (χ1v) is 13.6. The maximum Gasteiger partial charge on any atom is 0.143 e. The molecule has 0 radical (unpaired) electrons. The van der Waals surface area contributed by atoms with E-state index in [0.29, 0.717) is 16.4 Å². The summed E-state index contributed by atoms with van der Waals surface area (Å²) in [6.45, 7) is 0. The quantitative estimate of drug-likeness (QED) is 0.204. The molecular formula is C40H24O. The molecule has 8 aromatic carbocycles. The van der Waals surface area contributed by atoms with Crippen LogP contribution < -0.4 is 0 Å². The van der Waals surface area contributed by atoms with Crippen molar-refractivity contribution in [2.24, 2.45) is 0 Å². The molecule has 1 aromatic heterocycles. The third-order valence-corrected chi connectivity index (χ3v) is 8.17. The van der Waals surface area contributed by atoms with E-state index < -0.39 is 12.1 Å². The van der Waals surface area contributed by atoms with Crippen molar-refractivity contribution >= 4 is 65.0 Å². The standard InChI is InChI=1S/C40H24O/c1-2-11-27-23-28(18-17-25(27)9-1)38-31-13-5-7-15-33(31)39(34-16-8-6-14-32(34)38)29-20-22-37-36(24-29)35-21-19-26-10-3-4-12-30(26)40(35)41-37/h1-24H/i3D,4D,10D,12D,19D,21D. The molecule has 9 aromatic rings. The molecule has 1 heteroatoms. The number of hydrogen-bond donors (Lipinski definition) is 0. The first kappa shape index (κ1) is 17.3. The van der Waals surface area contributed by atoms with Gasteiger partial charge in [0.2, 0.25) is 0 Å². The van der Waals surface area contributed by atoms with Crippen LogP contribution in [0.2, 0.25) is 0 Å². The Balaban J connectivity index is 1.38. The zero-order valence-electron chi connectivity index (χ0n) is 27.8. The Bertz CT molecular complexity index is 2760. The largest absolute Gasteiger partial charge is 0.455 e. The van der Waals surface area contributed by atoms with Gasteiger partial charge in [0.1, 0.15) is 11.2 Å². The van der Waals surface area contributed by atoms with Crippen LogP contribution in [-0.2, 0) is 0 Å². The van der Waals surface area contributed by atoms with Crippen molar-refractivity contribution in [3.8, 4) is 22.3 Å². The lowest BCUT2D eigenvalue weighted by Crippen LogP contribution is -1.91. The van der Waals surface area contributed by atoms with Crippen LogP contribution in [0.1, 0.15) is 8.22 Å². The van der Waals surface area contributed by atoms with Gasteiger partial charge >= 0.3 is 0 Å². The average Bonchev–Trinajstić information content (AvgIpc) is 3.48. The van der Waals surface area contributed by atoms with Gasteiger partial charge in [0, 0.05) is 16.2 Å². The highest BCUT2D eigenvalue weighted by Crippen LogP contribution is 2.45. The van der Waals surface area contributed by atoms with Gasteiger partial charge in [-0.15, -0.1) is 0 Å². The molecule has 190 valence electrons. The molecule has 0 amide bonds. The van der Waals surface area contributed by atoms with Crippen molar-refractivity contribution in [2.45, 2.75) is 0 Å². The van der Waals surface area contributed by atoms with Crippen molar-refractivity contribution < 1.29 is 12.6 Å². The summed E-state index contributed by atoms with van der Waals surface area (Å²) < 4.78 is 57.6. The van der Waals surface area contributed by atoms with E-state index in [1.165, 1.54) is 10.8 Å². The maximum absolute atomic E-state index is 8.98. The SMILES string of the molecule is [2H]c1c([2H])c([2H])c2c(c1[2H])c([2H])c([2H])c1c3cc(-c4c5ccccc5c(-c5ccc6ccccc6c5)c5ccccc45)ccc3oc21. The summed E-state index contributed by atoms with van der Waals surface area (Å²) in [7, 11) is 0. The molecule has 0 saturated heterocycles. The van der Waals surface area contributed by atoms with Crippen LogP contribution >= 0.6 is 0 Å². The molecule has 0 N–H and O–H groups in total. The highest BCUT2D eigenvalue weighted by molar-refractivity contribution is 6.23. The fourth-order valence-corrected chi connectivity index (χ4v) is 6.35. The Morgan fingerprint density at radius 3 is 1.76 bits per heavy atom. The van der Waals surface area contributed by atoms with Crippen LogP contribution in [0.25, 0.3) is 87.3 Å². The number of furan rings is 1. The topological polar surface area (TPSA) is 13.1 Å². The predicted octanol–water partition coefficient (Wildman–Crippen LogP) is 11.5. The van der Waals surface area contributed by atoms with Gasteiger partial charge < -0.3 is 4.42 Å². The minimum Gasteiger partial charge on any atom is -0.455 e. The number of benzene rings is 8. The fourth-order valence-electron chi connectivity index (χ4n) is 6.35. The van der Waals surface area contributed by atoms with E-state index in [1.807, 2.05) is 30.3 Å². The molecule has 0 aliphatic heterocycles. The molecule has 9 rings (SSSR count). The molecule has 0 aliphatic carbocycles. The Labute approximate surface area is 245 Å². The molecule has 0 fully saturated rings. The van der Waals surface area contributed by atoms with E-state index in [1.54, 1.807) is 0 Å². The van der Waals surface area contributed by atoms with Gasteiger partial charge in [0.25, 0.3) is 0 Å². The Morgan fingerprint density at radius 2 is 1.02 bits per heavy atom. The van der Waals surface area contributed by atoms with E-state index >= 15 is 0 Å². The lowest BCUT2D eigenvalue weighted by molar-refractivity contribution is 0.672. The van der Waals surface area contributed by atoms with Crippen molar-refractivity contribution in [1.82, 2.24) is 0 Å². The van der Waals surface area contributed by atoms with E-state index in [2.05, 4.69) is 78.9 Å². The lowest BCUT2D eigenvalue weighted by Gasteiger charge is -2.18. The van der Waals surface area contributed by atoms with Crippen molar-refractivity contribution in [3.05, 3.63) is 145 Å². The molecule has 0 atom stereocenters. The summed E-state index contributed by atoms with van der Waals surface area (Å²) in [6.07, 6.45) is 0. The van der Waals surface area contributed by atoms with Gasteiger partial charge in [-0.2, -0.15) is 0 Å². The molecule has 0 saturated carbocycles. The first-order chi connectivity index (χ1) is 22.8. The second kappa shape index (κ2) is 8.55. The molecule has 41 heavy (non-hydrogen) atoms. The summed E-state index contributed by atoms with van der Waals surface area (Å²) in [5.41, 5.74) is 4.93. The summed E-state index contributed by atoms with van der Waals surface area (Å²) in [5, 5.41) is 7.86. The number of fused-ring (bicyclic) bond motifs is 8. The molecular weight excluding hydrogens is 496 g/mol. The maximum atomic E-state index is 8.98. The first-order valence-electron chi connectivity index (χ1n) is 16.6. The normalized spacial score (nSPS) is 14.0. The smallest absolute Gasteiger partial charge is 0.143 e. The molecule has 1 heterocycles. The van der Waals surface area contributed by atoms with Crippen LogP contribution in [0.5, 0.6) is 0 Å². The average molecular weight is 527 g/mol. The molecule has 1 nitrogen and oxygen atoms in total. The molecule has 0 spiro atoms. The summed E-state index contributed by atoms with van der Waals surface area (Å²) in [6, 6.07) is 35.8. The minimum absolute atomic E-state index is 0.00551. The second-order valence-electron chi connectivity index (χ2n) is 10.4. The van der Waals surface area contributed by atoms with E-state index in [0.717, 1.165) is 43.8 Å². The number of rotatable bonds is 2. The highest BCUT2D eigenvalue weighted by Gasteiger charge is 2.18. The molecule has 0 bridgehead atoms. The summed E-state index contributed by atoms with van der Waals surface area (Å²) in [4.78, 5) is 0. The van der Waals surface area contributed by atoms with Gasteiger partial charge in [-0.3, -0.25) is 0 Å². The number of hydrogen-bond acceptors (Lipinski definition) is 1. The van der Waals surface area contributed by atoms with Crippen LogP contribution in [0.3, 0.4) is 0 Å². The Morgan fingerprint density at radius 1 is 0.415 bits per heavy atom. The van der Waals surface area contributed by atoms with E-state index in [4.69, 9.17) is 12.6 Å². The van der Waals surface area contributed by atoms with Crippen molar-refractivity contribution in [2.75, 3.05) is 0 Å². The van der Waals surface area contributed by atoms with Crippen LogP contribution in [-0.4, -0.2) is 0 Å². The van der Waals surface area contributed by atoms with E-state index in [9.17, 15) is 0 Å². The zero-order valence-corrected chi connectivity index (χ0v) is 21.8. The van der Waals surface area contributed by atoms with Crippen molar-refractivity contribution in [1.29, 1.82) is 0 Å². The fraction of sp³-hybridized carbons (Fsp3) is 0. The van der Waals surface area contributed by atoms with Crippen LogP contribution in [0, 0.1) is 0 Å². The Kier molecular flexibility index (Phi) is 3.61. The van der Waals surface area contributed by atoms with Gasteiger partial charge in [0.05, 0.1) is 8.22 Å². The van der Waals surface area contributed by atoms with Gasteiger partial charge in [-0.1, -0.05) is 121 Å². The van der Waals surface area contributed by atoms with Gasteiger partial charge in [-0.25, -0.2) is 0 Å². The van der Waals surface area contributed by atoms with Gasteiger partial charge in [-0.05, 0) is 84.2 Å². The van der Waals surface area contributed by atoms with Crippen LogP contribution in [0.4, 0.5) is 0 Å². The second-order valence-corrected chi connectivity index (χ2v) is 10.4. The monoisotopic (exact) mass is 526 g/mol. The summed E-state index contributed by atoms with van der Waals surface area (Å²) >= 11 is 0. The minimum atomic E-state index is -0.431. The van der Waals surface area contributed by atoms with Gasteiger partial charge in [0.15, 0.2) is 0 Å². The van der Waals surface area contributed by atoms with E-state index in [-0.39, 0.29) is 40.5 Å². The third-order valence-electron chi connectivity index (χ3n) is 8.17. The third kappa shape index (κ3) is 3.30. The van der Waals surface area contributed by atoms with Crippen molar-refractivity contribution in [3.63, 3.8) is 0 Å². The Hall–Kier alpha value is -5.40. The lowest BCUT2D eigenvalue weighted by atomic mass is 9.85. The summed E-state index contributed by atoms with van der Waals surface area (Å²) in [5.74, 6) is 0. The highest BCUT2D eigenvalue weighted by atomic mass is 16.3. The predicted molar refractivity (Wildman–Crippen MR) is 175 cm³/mol. The molecule has 0 aliphatic rings. The zero-order chi connectivity index (χ0) is 32.1. The molecule has 0 unspecified atom stereocenters. The van der Waals surface area contributed by atoms with Crippen LogP contribution in [0.15, 0.2) is 150 Å².